The van der Waals surface area contributed by atoms with E-state index in [0.29, 0.717) is 5.92 Å². The molecule has 3 heteroatoms. The van der Waals surface area contributed by atoms with Crippen LogP contribution in [0.4, 0.5) is 0 Å². The van der Waals surface area contributed by atoms with Crippen molar-refractivity contribution in [3.63, 3.8) is 0 Å². The number of nitrogens with two attached hydrogens (primary N) is 1. The van der Waals surface area contributed by atoms with Gasteiger partial charge in [-0.3, -0.25) is 4.79 Å². The minimum absolute atomic E-state index is 0.0702. The molecule has 0 saturated heterocycles. The predicted molar refractivity (Wildman–Crippen MR) is 50.8 cm³/mol. The Morgan fingerprint density at radius 1 is 1.46 bits per heavy atom. The van der Waals surface area contributed by atoms with E-state index in [1.165, 1.54) is 6.26 Å². The van der Waals surface area contributed by atoms with Gasteiger partial charge in [-0.2, -0.15) is 0 Å². The second-order valence-corrected chi connectivity index (χ2v) is 3.56. The average Bonchev–Trinajstić information content (AvgIpc) is 2.18. The highest BCUT2D eigenvalue weighted by molar-refractivity contribution is 5.73. The molecule has 0 radical (unpaired) electrons. The van der Waals surface area contributed by atoms with Crippen molar-refractivity contribution in [2.45, 2.75) is 25.7 Å². The van der Waals surface area contributed by atoms with Gasteiger partial charge < -0.3 is 10.5 Å². The summed E-state index contributed by atoms with van der Waals surface area (Å²) in [5, 5.41) is 0. The molecular weight excluding hydrogens is 166 g/mol. The SMILES string of the molecule is C=COC(=O)C1CCC(CN)CC1. The average molecular weight is 183 g/mol. The van der Waals surface area contributed by atoms with Gasteiger partial charge in [0.05, 0.1) is 12.2 Å². The van der Waals surface area contributed by atoms with Crippen LogP contribution in [0.15, 0.2) is 12.8 Å². The summed E-state index contributed by atoms with van der Waals surface area (Å²) in [7, 11) is 0. The van der Waals surface area contributed by atoms with Gasteiger partial charge in [-0.05, 0) is 38.1 Å². The molecule has 0 aromatic carbocycles. The monoisotopic (exact) mass is 183 g/mol. The number of rotatable bonds is 3. The van der Waals surface area contributed by atoms with Crippen molar-refractivity contribution < 1.29 is 9.53 Å². The molecule has 0 aliphatic heterocycles. The molecule has 0 aromatic rings. The van der Waals surface area contributed by atoms with Crippen LogP contribution in [0.3, 0.4) is 0 Å². The molecule has 1 aliphatic carbocycles. The minimum atomic E-state index is -0.134. The van der Waals surface area contributed by atoms with Crippen LogP contribution in [0.2, 0.25) is 0 Å². The first-order valence-corrected chi connectivity index (χ1v) is 4.79. The predicted octanol–water partition coefficient (Wildman–Crippen LogP) is 1.44. The molecule has 0 unspecified atom stereocenters. The summed E-state index contributed by atoms with van der Waals surface area (Å²) in [6.07, 6.45) is 5.13. The van der Waals surface area contributed by atoms with Gasteiger partial charge in [-0.25, -0.2) is 0 Å². The van der Waals surface area contributed by atoms with E-state index < -0.39 is 0 Å². The Balaban J connectivity index is 2.31. The molecule has 1 rings (SSSR count). The van der Waals surface area contributed by atoms with E-state index in [1.54, 1.807) is 0 Å². The van der Waals surface area contributed by atoms with Gasteiger partial charge in [0.2, 0.25) is 0 Å². The van der Waals surface area contributed by atoms with Gasteiger partial charge in [0.25, 0.3) is 0 Å². The molecule has 2 N–H and O–H groups in total. The Morgan fingerprint density at radius 2 is 2.08 bits per heavy atom. The van der Waals surface area contributed by atoms with Crippen LogP contribution in [-0.4, -0.2) is 12.5 Å². The summed E-state index contributed by atoms with van der Waals surface area (Å²) >= 11 is 0. The van der Waals surface area contributed by atoms with E-state index in [1.807, 2.05) is 0 Å². The number of carbonyl (C=O) groups is 1. The third kappa shape index (κ3) is 2.84. The maximum absolute atomic E-state index is 11.3. The zero-order chi connectivity index (χ0) is 9.68. The summed E-state index contributed by atoms with van der Waals surface area (Å²) in [6, 6.07) is 0. The van der Waals surface area contributed by atoms with Crippen LogP contribution >= 0.6 is 0 Å². The lowest BCUT2D eigenvalue weighted by molar-refractivity contribution is -0.144. The lowest BCUT2D eigenvalue weighted by Gasteiger charge is -2.25. The van der Waals surface area contributed by atoms with Crippen molar-refractivity contribution in [1.29, 1.82) is 0 Å². The van der Waals surface area contributed by atoms with Crippen molar-refractivity contribution >= 4 is 5.97 Å². The van der Waals surface area contributed by atoms with Crippen molar-refractivity contribution in [2.24, 2.45) is 17.6 Å². The summed E-state index contributed by atoms with van der Waals surface area (Å²) in [5.41, 5.74) is 5.55. The van der Waals surface area contributed by atoms with Crippen LogP contribution < -0.4 is 5.73 Å². The lowest BCUT2D eigenvalue weighted by atomic mass is 9.82. The fourth-order valence-electron chi connectivity index (χ4n) is 1.81. The number of hydrogen-bond acceptors (Lipinski definition) is 3. The molecule has 13 heavy (non-hydrogen) atoms. The molecule has 1 saturated carbocycles. The van der Waals surface area contributed by atoms with Crippen LogP contribution in [0, 0.1) is 11.8 Å². The fraction of sp³-hybridized carbons (Fsp3) is 0.700. The molecule has 1 aliphatic rings. The summed E-state index contributed by atoms with van der Waals surface area (Å²) in [5.74, 6) is 0.541. The first kappa shape index (κ1) is 10.3. The van der Waals surface area contributed by atoms with E-state index in [4.69, 9.17) is 10.5 Å². The highest BCUT2D eigenvalue weighted by Gasteiger charge is 2.26. The summed E-state index contributed by atoms with van der Waals surface area (Å²) < 4.78 is 4.74. The molecule has 74 valence electrons. The van der Waals surface area contributed by atoms with Crippen molar-refractivity contribution in [3.05, 3.63) is 12.8 Å². The molecule has 0 aromatic heterocycles. The van der Waals surface area contributed by atoms with Crippen molar-refractivity contribution in [1.82, 2.24) is 0 Å². The fourth-order valence-corrected chi connectivity index (χ4v) is 1.81. The molecule has 0 bridgehead atoms. The molecule has 3 nitrogen and oxygen atoms in total. The van der Waals surface area contributed by atoms with E-state index in [-0.39, 0.29) is 11.9 Å². The topological polar surface area (TPSA) is 52.3 Å². The molecule has 1 fully saturated rings. The van der Waals surface area contributed by atoms with Crippen LogP contribution in [0.1, 0.15) is 25.7 Å². The quantitative estimate of drug-likeness (QED) is 0.532. The highest BCUT2D eigenvalue weighted by Crippen LogP contribution is 2.28. The van der Waals surface area contributed by atoms with Gasteiger partial charge >= 0.3 is 5.97 Å². The Morgan fingerprint density at radius 3 is 2.54 bits per heavy atom. The second-order valence-electron chi connectivity index (χ2n) is 3.56. The van der Waals surface area contributed by atoms with Gasteiger partial charge in [0.1, 0.15) is 0 Å². The first-order valence-electron chi connectivity index (χ1n) is 4.79. The smallest absolute Gasteiger partial charge is 0.313 e. The van der Waals surface area contributed by atoms with E-state index >= 15 is 0 Å². The van der Waals surface area contributed by atoms with Gasteiger partial charge in [0.15, 0.2) is 0 Å². The number of ether oxygens (including phenoxy) is 1. The Hall–Kier alpha value is -0.830. The van der Waals surface area contributed by atoms with Gasteiger partial charge in [-0.1, -0.05) is 6.58 Å². The normalized spacial score (nSPS) is 28.1. The van der Waals surface area contributed by atoms with Gasteiger partial charge in [0, 0.05) is 0 Å². The Labute approximate surface area is 78.9 Å². The van der Waals surface area contributed by atoms with E-state index in [9.17, 15) is 4.79 Å². The standard InChI is InChI=1S/C10H17NO2/c1-2-13-10(12)9-5-3-8(7-11)4-6-9/h2,8-9H,1,3-7,11H2. The van der Waals surface area contributed by atoms with Crippen molar-refractivity contribution in [3.8, 4) is 0 Å². The molecule has 0 amide bonds. The Bertz CT molecular complexity index is 183. The minimum Gasteiger partial charge on any atom is -0.435 e. The zero-order valence-corrected chi connectivity index (χ0v) is 7.87. The molecular formula is C10H17NO2. The maximum Gasteiger partial charge on any atom is 0.313 e. The van der Waals surface area contributed by atoms with E-state index in [2.05, 4.69) is 6.58 Å². The number of hydrogen-bond donors (Lipinski definition) is 1. The second kappa shape index (κ2) is 5.02. The Kier molecular flexibility index (Phi) is 3.96. The lowest BCUT2D eigenvalue weighted by Crippen LogP contribution is -2.26. The van der Waals surface area contributed by atoms with Gasteiger partial charge in [-0.15, -0.1) is 0 Å². The maximum atomic E-state index is 11.3. The largest absolute Gasteiger partial charge is 0.435 e. The van der Waals surface area contributed by atoms with Crippen LogP contribution in [0.5, 0.6) is 0 Å². The van der Waals surface area contributed by atoms with E-state index in [0.717, 1.165) is 32.2 Å². The molecule has 0 heterocycles. The molecule has 0 atom stereocenters. The first-order chi connectivity index (χ1) is 6.27. The molecule has 0 spiro atoms. The van der Waals surface area contributed by atoms with Crippen LogP contribution in [0.25, 0.3) is 0 Å². The highest BCUT2D eigenvalue weighted by atomic mass is 16.5. The zero-order valence-electron chi connectivity index (χ0n) is 7.87. The summed E-state index contributed by atoms with van der Waals surface area (Å²) in [4.78, 5) is 11.3. The number of carbonyl (C=O) groups excluding carboxylic acids is 1. The van der Waals surface area contributed by atoms with Crippen LogP contribution in [-0.2, 0) is 9.53 Å². The third-order valence-corrected chi connectivity index (χ3v) is 2.71. The summed E-state index contributed by atoms with van der Waals surface area (Å²) in [6.45, 7) is 4.10. The number of esters is 1. The van der Waals surface area contributed by atoms with Crippen molar-refractivity contribution in [2.75, 3.05) is 6.54 Å². The third-order valence-electron chi connectivity index (χ3n) is 2.71.